The number of carbonyl (C=O) groups excluding carboxylic acids is 1. The number of hydrogen-bond acceptors (Lipinski definition) is 5. The van der Waals surface area contributed by atoms with Crippen LogP contribution in [0.15, 0.2) is 28.9 Å². The summed E-state index contributed by atoms with van der Waals surface area (Å²) >= 11 is 1.70. The van der Waals surface area contributed by atoms with Gasteiger partial charge in [0.25, 0.3) is 5.91 Å². The van der Waals surface area contributed by atoms with Gasteiger partial charge in [0.2, 0.25) is 0 Å². The summed E-state index contributed by atoms with van der Waals surface area (Å²) in [5.41, 5.74) is 1.02. The molecule has 6 nitrogen and oxygen atoms in total. The number of hydrogen-bond donors (Lipinski definition) is 3. The quantitative estimate of drug-likeness (QED) is 0.642. The van der Waals surface area contributed by atoms with Gasteiger partial charge in [-0.05, 0) is 24.3 Å². The lowest BCUT2D eigenvalue weighted by atomic mass is 10.3. The summed E-state index contributed by atoms with van der Waals surface area (Å²) in [6, 6.07) is 5.24. The zero-order chi connectivity index (χ0) is 14.2. The monoisotopic (exact) mass is 295 g/mol. The molecule has 0 spiro atoms. The van der Waals surface area contributed by atoms with Crippen molar-refractivity contribution in [2.75, 3.05) is 24.7 Å². The number of nitrogens with zero attached hydrogens (tertiary/aromatic N) is 1. The average molecular weight is 295 g/mol. The molecule has 0 unspecified atom stereocenters. The highest BCUT2D eigenvalue weighted by Gasteiger charge is 2.11. The molecule has 7 heteroatoms. The second kappa shape index (κ2) is 7.76. The molecule has 0 saturated heterocycles. The normalized spacial score (nSPS) is 10.7. The number of aliphatic hydroxyl groups is 1. The van der Waals surface area contributed by atoms with Gasteiger partial charge in [0.15, 0.2) is 11.5 Å². The molecule has 0 aromatic carbocycles. The van der Waals surface area contributed by atoms with E-state index in [-0.39, 0.29) is 12.5 Å². The van der Waals surface area contributed by atoms with Crippen LogP contribution in [0.3, 0.4) is 0 Å². The zero-order valence-corrected chi connectivity index (χ0v) is 11.8. The van der Waals surface area contributed by atoms with Gasteiger partial charge < -0.3 is 14.8 Å². The van der Waals surface area contributed by atoms with E-state index in [0.29, 0.717) is 23.7 Å². The Balaban J connectivity index is 1.76. The predicted octanol–water partition coefficient (Wildman–Crippen LogP) is 1.52. The Hall–Kier alpha value is -1.73. The van der Waals surface area contributed by atoms with E-state index in [0.717, 1.165) is 17.9 Å². The number of aromatic nitrogens is 2. The first-order valence-electron chi connectivity index (χ1n) is 6.37. The number of aliphatic hydroxyl groups excluding tert-OH is 1. The summed E-state index contributed by atoms with van der Waals surface area (Å²) in [5.74, 6) is 2.16. The summed E-state index contributed by atoms with van der Waals surface area (Å²) in [6.07, 6.45) is 2.35. The molecule has 2 aromatic rings. The van der Waals surface area contributed by atoms with Crippen molar-refractivity contribution < 1.29 is 14.3 Å². The lowest BCUT2D eigenvalue weighted by Gasteiger charge is -2.02. The Morgan fingerprint density at radius 3 is 3.15 bits per heavy atom. The SMILES string of the molecule is O=C(NCCSCCCO)c1cc(-c2ccco2)[nH]n1. The van der Waals surface area contributed by atoms with Crippen LogP contribution in [-0.4, -0.2) is 45.9 Å². The molecule has 0 aliphatic carbocycles. The molecule has 2 aromatic heterocycles. The van der Waals surface area contributed by atoms with Gasteiger partial charge >= 0.3 is 0 Å². The number of carbonyl (C=O) groups is 1. The Bertz CT molecular complexity index is 525. The third kappa shape index (κ3) is 4.14. The van der Waals surface area contributed by atoms with Gasteiger partial charge in [-0.25, -0.2) is 0 Å². The van der Waals surface area contributed by atoms with Gasteiger partial charge in [-0.15, -0.1) is 0 Å². The fraction of sp³-hybridized carbons (Fsp3) is 0.385. The molecule has 108 valence electrons. The van der Waals surface area contributed by atoms with E-state index in [1.54, 1.807) is 36.2 Å². The maximum absolute atomic E-state index is 11.8. The number of H-pyrrole nitrogens is 1. The number of thioether (sulfide) groups is 1. The summed E-state index contributed by atoms with van der Waals surface area (Å²) in [5, 5.41) is 18.2. The molecule has 0 radical (unpaired) electrons. The van der Waals surface area contributed by atoms with Crippen LogP contribution in [0.4, 0.5) is 0 Å². The highest BCUT2D eigenvalue weighted by molar-refractivity contribution is 7.99. The first-order valence-corrected chi connectivity index (χ1v) is 7.53. The molecule has 0 fully saturated rings. The first-order chi connectivity index (χ1) is 9.81. The second-order valence-corrected chi connectivity index (χ2v) is 5.31. The standard InChI is InChI=1S/C13H17N3O3S/c17-5-2-7-20-8-4-14-13(18)11-9-10(15-16-11)12-3-1-6-19-12/h1,3,6,9,17H,2,4-5,7-8H2,(H,14,18)(H,15,16). The lowest BCUT2D eigenvalue weighted by molar-refractivity contribution is 0.0951. The van der Waals surface area contributed by atoms with Gasteiger partial charge in [-0.2, -0.15) is 16.9 Å². The number of nitrogens with one attached hydrogen (secondary N) is 2. The van der Waals surface area contributed by atoms with Crippen molar-refractivity contribution in [1.29, 1.82) is 0 Å². The number of aromatic amines is 1. The maximum Gasteiger partial charge on any atom is 0.271 e. The molecule has 20 heavy (non-hydrogen) atoms. The summed E-state index contributed by atoms with van der Waals surface area (Å²) in [7, 11) is 0. The molecular weight excluding hydrogens is 278 g/mol. The molecule has 0 saturated carbocycles. The van der Waals surface area contributed by atoms with Gasteiger partial charge in [-0.3, -0.25) is 9.89 Å². The van der Waals surface area contributed by atoms with E-state index in [1.807, 2.05) is 0 Å². The summed E-state index contributed by atoms with van der Waals surface area (Å²) in [6.45, 7) is 0.792. The van der Waals surface area contributed by atoms with Crippen LogP contribution in [0.1, 0.15) is 16.9 Å². The van der Waals surface area contributed by atoms with Crippen molar-refractivity contribution in [1.82, 2.24) is 15.5 Å². The van der Waals surface area contributed by atoms with Crippen molar-refractivity contribution in [3.05, 3.63) is 30.2 Å². The number of amides is 1. The minimum Gasteiger partial charge on any atom is -0.463 e. The fourth-order valence-electron chi connectivity index (χ4n) is 1.59. The Morgan fingerprint density at radius 1 is 1.50 bits per heavy atom. The molecule has 0 aliphatic heterocycles. The predicted molar refractivity (Wildman–Crippen MR) is 77.7 cm³/mol. The van der Waals surface area contributed by atoms with Crippen LogP contribution in [0.25, 0.3) is 11.5 Å². The van der Waals surface area contributed by atoms with E-state index in [2.05, 4.69) is 15.5 Å². The van der Waals surface area contributed by atoms with Crippen LogP contribution < -0.4 is 5.32 Å². The molecule has 2 rings (SSSR count). The zero-order valence-electron chi connectivity index (χ0n) is 11.0. The van der Waals surface area contributed by atoms with Crippen LogP contribution >= 0.6 is 11.8 Å². The van der Waals surface area contributed by atoms with Gasteiger partial charge in [-0.1, -0.05) is 0 Å². The first kappa shape index (κ1) is 14.7. The second-order valence-electron chi connectivity index (χ2n) is 4.09. The van der Waals surface area contributed by atoms with Crippen molar-refractivity contribution in [3.8, 4) is 11.5 Å². The van der Waals surface area contributed by atoms with Gasteiger partial charge in [0.05, 0.1) is 6.26 Å². The highest BCUT2D eigenvalue weighted by Crippen LogP contribution is 2.17. The lowest BCUT2D eigenvalue weighted by Crippen LogP contribution is -2.26. The third-order valence-electron chi connectivity index (χ3n) is 2.58. The molecule has 0 atom stereocenters. The van der Waals surface area contributed by atoms with Crippen molar-refractivity contribution >= 4 is 17.7 Å². The summed E-state index contributed by atoms with van der Waals surface area (Å²) in [4.78, 5) is 11.8. The van der Waals surface area contributed by atoms with Crippen LogP contribution in [0.5, 0.6) is 0 Å². The van der Waals surface area contributed by atoms with E-state index < -0.39 is 0 Å². The molecule has 1 amide bonds. The largest absolute Gasteiger partial charge is 0.463 e. The topological polar surface area (TPSA) is 91.1 Å². The van der Waals surface area contributed by atoms with E-state index in [4.69, 9.17) is 9.52 Å². The Kier molecular flexibility index (Phi) is 5.69. The average Bonchev–Trinajstić information content (AvgIpc) is 3.12. The van der Waals surface area contributed by atoms with Crippen molar-refractivity contribution in [3.63, 3.8) is 0 Å². The summed E-state index contributed by atoms with van der Waals surface area (Å²) < 4.78 is 5.22. The molecule has 0 aliphatic rings. The van der Waals surface area contributed by atoms with Gasteiger partial charge in [0, 0.05) is 25.0 Å². The van der Waals surface area contributed by atoms with Crippen molar-refractivity contribution in [2.45, 2.75) is 6.42 Å². The molecule has 2 heterocycles. The minimum atomic E-state index is -0.207. The van der Waals surface area contributed by atoms with Crippen LogP contribution in [-0.2, 0) is 0 Å². The highest BCUT2D eigenvalue weighted by atomic mass is 32.2. The maximum atomic E-state index is 11.8. The van der Waals surface area contributed by atoms with E-state index in [1.165, 1.54) is 0 Å². The molecule has 0 bridgehead atoms. The molecular formula is C13H17N3O3S. The van der Waals surface area contributed by atoms with E-state index in [9.17, 15) is 4.79 Å². The third-order valence-corrected chi connectivity index (χ3v) is 3.65. The van der Waals surface area contributed by atoms with Crippen LogP contribution in [0.2, 0.25) is 0 Å². The minimum absolute atomic E-state index is 0.207. The Morgan fingerprint density at radius 2 is 2.40 bits per heavy atom. The van der Waals surface area contributed by atoms with Gasteiger partial charge in [0.1, 0.15) is 5.69 Å². The van der Waals surface area contributed by atoms with E-state index >= 15 is 0 Å². The number of furan rings is 1. The fourth-order valence-corrected chi connectivity index (χ4v) is 2.38. The Labute approximate surface area is 120 Å². The smallest absolute Gasteiger partial charge is 0.271 e. The van der Waals surface area contributed by atoms with Crippen LogP contribution in [0, 0.1) is 0 Å². The molecule has 3 N–H and O–H groups in total. The number of rotatable bonds is 8. The van der Waals surface area contributed by atoms with Crippen molar-refractivity contribution in [2.24, 2.45) is 0 Å².